The van der Waals surface area contributed by atoms with Gasteiger partial charge in [0.05, 0.1) is 17.1 Å². The Morgan fingerprint density at radius 3 is 2.87 bits per heavy atom. The van der Waals surface area contributed by atoms with Crippen LogP contribution >= 0.6 is 27.7 Å². The highest BCUT2D eigenvalue weighted by molar-refractivity contribution is 9.10. The molecule has 82 valence electrons. The summed E-state index contributed by atoms with van der Waals surface area (Å²) in [4.78, 5) is 14.8. The lowest BCUT2D eigenvalue weighted by atomic mass is 10.3. The first kappa shape index (κ1) is 12.5. The maximum Gasteiger partial charge on any atom is 0.304 e. The monoisotopic (exact) mass is 289 g/mol. The molecule has 0 spiro atoms. The number of rotatable bonds is 4. The lowest BCUT2D eigenvalue weighted by Gasteiger charge is -2.08. The van der Waals surface area contributed by atoms with E-state index in [2.05, 4.69) is 20.9 Å². The molecule has 1 aromatic rings. The summed E-state index contributed by atoms with van der Waals surface area (Å²) in [6.07, 6.45) is 0.154. The van der Waals surface area contributed by atoms with E-state index in [9.17, 15) is 4.79 Å². The van der Waals surface area contributed by atoms with Crippen LogP contribution in [-0.4, -0.2) is 21.3 Å². The van der Waals surface area contributed by atoms with Crippen LogP contribution in [0.1, 0.15) is 19.0 Å². The Hall–Kier alpha value is -0.550. The largest absolute Gasteiger partial charge is 0.481 e. The second-order valence-corrected chi connectivity index (χ2v) is 5.56. The van der Waals surface area contributed by atoms with Crippen LogP contribution in [0.2, 0.25) is 0 Å². The third-order valence-corrected chi connectivity index (χ3v) is 3.66. The summed E-state index contributed by atoms with van der Waals surface area (Å²) < 4.78 is 0.970. The molecule has 1 atom stereocenters. The summed E-state index contributed by atoms with van der Waals surface area (Å²) in [5.41, 5.74) is 0.919. The predicted molar refractivity (Wildman–Crippen MR) is 64.2 cm³/mol. The number of halogens is 1. The molecule has 0 fully saturated rings. The molecule has 0 saturated heterocycles. The zero-order valence-corrected chi connectivity index (χ0v) is 10.9. The highest BCUT2D eigenvalue weighted by Crippen LogP contribution is 2.25. The van der Waals surface area contributed by atoms with E-state index in [4.69, 9.17) is 5.11 Å². The van der Waals surface area contributed by atoms with Gasteiger partial charge in [0.1, 0.15) is 0 Å². The van der Waals surface area contributed by atoms with Crippen LogP contribution in [0, 0.1) is 6.92 Å². The summed E-state index contributed by atoms with van der Waals surface area (Å²) in [6.45, 7) is 3.80. The number of nitrogens with zero attached hydrogens (tertiary/aromatic N) is 1. The Balaban J connectivity index is 2.64. The van der Waals surface area contributed by atoms with E-state index in [-0.39, 0.29) is 11.7 Å². The first-order chi connectivity index (χ1) is 6.99. The van der Waals surface area contributed by atoms with E-state index < -0.39 is 5.97 Å². The number of hydrogen-bond acceptors (Lipinski definition) is 3. The van der Waals surface area contributed by atoms with E-state index in [0.717, 1.165) is 15.2 Å². The van der Waals surface area contributed by atoms with Crippen molar-refractivity contribution in [2.45, 2.75) is 30.5 Å². The number of carboxylic acids is 1. The van der Waals surface area contributed by atoms with Gasteiger partial charge >= 0.3 is 5.97 Å². The molecule has 0 saturated carbocycles. The van der Waals surface area contributed by atoms with Crippen LogP contribution in [0.4, 0.5) is 0 Å². The third-order valence-electron chi connectivity index (χ3n) is 1.78. The van der Waals surface area contributed by atoms with Gasteiger partial charge in [0.25, 0.3) is 0 Å². The topological polar surface area (TPSA) is 50.2 Å². The van der Waals surface area contributed by atoms with Crippen LogP contribution in [0.3, 0.4) is 0 Å². The summed E-state index contributed by atoms with van der Waals surface area (Å²) >= 11 is 4.85. The van der Waals surface area contributed by atoms with Crippen LogP contribution in [0.5, 0.6) is 0 Å². The highest BCUT2D eigenvalue weighted by Gasteiger charge is 2.10. The number of hydrogen-bond donors (Lipinski definition) is 1. The first-order valence-corrected chi connectivity index (χ1v) is 6.18. The van der Waals surface area contributed by atoms with Crippen molar-refractivity contribution in [3.05, 3.63) is 22.3 Å². The van der Waals surface area contributed by atoms with Crippen molar-refractivity contribution in [1.82, 2.24) is 4.98 Å². The molecule has 5 heteroatoms. The highest BCUT2D eigenvalue weighted by atomic mass is 79.9. The van der Waals surface area contributed by atoms with Gasteiger partial charge in [-0.1, -0.05) is 6.92 Å². The van der Waals surface area contributed by atoms with Crippen LogP contribution in [0.15, 0.2) is 21.6 Å². The van der Waals surface area contributed by atoms with Gasteiger partial charge < -0.3 is 5.11 Å². The third kappa shape index (κ3) is 4.22. The number of aryl methyl sites for hydroxylation is 1. The molecule has 0 aromatic carbocycles. The Labute approximate surface area is 101 Å². The summed E-state index contributed by atoms with van der Waals surface area (Å²) in [7, 11) is 0. The van der Waals surface area contributed by atoms with Crippen molar-refractivity contribution in [2.24, 2.45) is 0 Å². The molecule has 3 nitrogen and oxygen atoms in total. The van der Waals surface area contributed by atoms with Crippen LogP contribution in [0.25, 0.3) is 0 Å². The second-order valence-electron chi connectivity index (χ2n) is 3.24. The normalized spacial score (nSPS) is 12.5. The van der Waals surface area contributed by atoms with E-state index in [1.165, 1.54) is 11.8 Å². The van der Waals surface area contributed by atoms with E-state index >= 15 is 0 Å². The van der Waals surface area contributed by atoms with Crippen molar-refractivity contribution in [2.75, 3.05) is 0 Å². The average Bonchev–Trinajstić information content (AvgIpc) is 2.10. The maximum absolute atomic E-state index is 10.5. The van der Waals surface area contributed by atoms with Gasteiger partial charge in [0.15, 0.2) is 0 Å². The number of carbonyl (C=O) groups is 1. The number of thioether (sulfide) groups is 1. The van der Waals surface area contributed by atoms with Crippen LogP contribution in [-0.2, 0) is 4.79 Å². The Kier molecular flexibility index (Phi) is 4.60. The zero-order valence-electron chi connectivity index (χ0n) is 8.53. The van der Waals surface area contributed by atoms with Crippen molar-refractivity contribution >= 4 is 33.7 Å². The maximum atomic E-state index is 10.5. The zero-order chi connectivity index (χ0) is 11.4. The summed E-state index contributed by atoms with van der Waals surface area (Å²) in [5, 5.41) is 9.52. The number of carboxylic acid groups (broad SMARTS) is 1. The minimum absolute atomic E-state index is 0.0376. The number of aliphatic carboxylic acids is 1. The lowest BCUT2D eigenvalue weighted by molar-refractivity contribution is -0.136. The van der Waals surface area contributed by atoms with Crippen LogP contribution < -0.4 is 0 Å². The van der Waals surface area contributed by atoms with Gasteiger partial charge in [-0.15, -0.1) is 11.8 Å². The first-order valence-electron chi connectivity index (χ1n) is 4.50. The fourth-order valence-electron chi connectivity index (χ4n) is 1.08. The number of aromatic nitrogens is 1. The quantitative estimate of drug-likeness (QED) is 0.866. The second kappa shape index (κ2) is 5.51. The van der Waals surface area contributed by atoms with Gasteiger partial charge in [-0.05, 0) is 35.0 Å². The molecule has 15 heavy (non-hydrogen) atoms. The molecular formula is C10H12BrNO2S. The van der Waals surface area contributed by atoms with Gasteiger partial charge in [-0.25, -0.2) is 4.98 Å². The minimum Gasteiger partial charge on any atom is -0.481 e. The van der Waals surface area contributed by atoms with Gasteiger partial charge in [0, 0.05) is 9.72 Å². The molecule has 1 aromatic heterocycles. The molecular weight excluding hydrogens is 278 g/mol. The van der Waals surface area contributed by atoms with E-state index in [1.54, 1.807) is 0 Å². The average molecular weight is 290 g/mol. The minimum atomic E-state index is -0.774. The summed E-state index contributed by atoms with van der Waals surface area (Å²) in [5.74, 6) is -0.774. The van der Waals surface area contributed by atoms with Crippen molar-refractivity contribution < 1.29 is 9.90 Å². The van der Waals surface area contributed by atoms with Crippen molar-refractivity contribution in [1.29, 1.82) is 0 Å². The fourth-order valence-corrected chi connectivity index (χ4v) is 2.28. The molecule has 0 aliphatic carbocycles. The molecule has 0 amide bonds. The fraction of sp³-hybridized carbons (Fsp3) is 0.400. The van der Waals surface area contributed by atoms with Gasteiger partial charge in [-0.3, -0.25) is 4.79 Å². The van der Waals surface area contributed by atoms with E-state index in [1.807, 2.05) is 26.0 Å². The molecule has 1 N–H and O–H groups in total. The molecule has 0 aliphatic heterocycles. The SMILES string of the molecule is Cc1nc(SC(C)CC(=O)O)ccc1Br. The smallest absolute Gasteiger partial charge is 0.304 e. The Morgan fingerprint density at radius 2 is 2.33 bits per heavy atom. The van der Waals surface area contributed by atoms with Crippen molar-refractivity contribution in [3.63, 3.8) is 0 Å². The Bertz CT molecular complexity index is 370. The molecule has 1 heterocycles. The standard InChI is InChI=1S/C10H12BrNO2S/c1-6(5-10(13)14)15-9-4-3-8(11)7(2)12-9/h3-4,6H,5H2,1-2H3,(H,13,14). The number of pyridine rings is 1. The lowest BCUT2D eigenvalue weighted by Crippen LogP contribution is -2.05. The van der Waals surface area contributed by atoms with E-state index in [0.29, 0.717) is 0 Å². The molecule has 0 bridgehead atoms. The van der Waals surface area contributed by atoms with Crippen molar-refractivity contribution in [3.8, 4) is 0 Å². The predicted octanol–water partition coefficient (Wildman–Crippen LogP) is 3.11. The van der Waals surface area contributed by atoms with Gasteiger partial charge in [0.2, 0.25) is 0 Å². The molecule has 0 aliphatic rings. The summed E-state index contributed by atoms with van der Waals surface area (Å²) in [6, 6.07) is 3.82. The Morgan fingerprint density at radius 1 is 1.67 bits per heavy atom. The van der Waals surface area contributed by atoms with Gasteiger partial charge in [-0.2, -0.15) is 0 Å². The molecule has 0 radical (unpaired) electrons. The molecule has 1 rings (SSSR count). The molecule has 1 unspecified atom stereocenters.